The van der Waals surface area contributed by atoms with Crippen molar-refractivity contribution in [3.05, 3.63) is 0 Å². The van der Waals surface area contributed by atoms with E-state index >= 15 is 0 Å². The van der Waals surface area contributed by atoms with Gasteiger partial charge in [0.25, 0.3) is 0 Å². The van der Waals surface area contributed by atoms with Gasteiger partial charge in [-0.2, -0.15) is 0 Å². The molecule has 0 nitrogen and oxygen atoms in total. The van der Waals surface area contributed by atoms with Crippen molar-refractivity contribution in [2.75, 3.05) is 0 Å². The second kappa shape index (κ2) is 10.2. The summed E-state index contributed by atoms with van der Waals surface area (Å²) in [6.45, 7) is 0. The molecule has 0 unspecified atom stereocenters. The van der Waals surface area contributed by atoms with Gasteiger partial charge >= 0.3 is 52.5 Å². The smallest absolute Gasteiger partial charge is 0 e. The normalized spacial score (nSPS) is 2.80. The Morgan fingerprint density at radius 1 is 1.00 bits per heavy atom. The van der Waals surface area contributed by atoms with Gasteiger partial charge < -0.3 is 0 Å². The second-order valence-electron chi connectivity index (χ2n) is 0.378. The van der Waals surface area contributed by atoms with E-state index in [0.717, 1.165) is 0 Å². The predicted molar refractivity (Wildman–Crippen MR) is 11.7 cm³/mol. The Labute approximate surface area is 71.6 Å². The predicted octanol–water partition coefficient (Wildman–Crippen LogP) is 1.37. The molecule has 5 heteroatoms. The maximum Gasteiger partial charge on any atom is 0 e. The number of halogens is 2. The molecular formula is Cl2Hg2Pt. The Bertz CT molecular complexity index is 9.61. The maximum absolute atomic E-state index is 5.38. The largest absolute Gasteiger partial charge is 0 e. The molecular weight excluding hydrogens is 667 g/mol. The quantitative estimate of drug-likeness (QED) is 0.372. The van der Waals surface area contributed by atoms with Gasteiger partial charge in [-0.1, -0.05) is 0 Å². The monoisotopic (exact) mass is 669 g/mol. The third-order valence-electron chi connectivity index (χ3n) is 0.0714. The molecule has 28 valence electrons. The van der Waals surface area contributed by atoms with Crippen LogP contribution in [0.25, 0.3) is 0 Å². The number of rotatable bonds is 1. The molecule has 0 aromatic heterocycles. The molecule has 0 rings (SSSR count). The van der Waals surface area contributed by atoms with Crippen molar-refractivity contribution < 1.29 is 57.0 Å². The van der Waals surface area contributed by atoms with Crippen molar-refractivity contribution >= 4 is 16.5 Å². The Kier molecular flexibility index (Phi) is 22.4. The molecule has 0 spiro atoms. The minimum absolute atomic E-state index is 0. The van der Waals surface area contributed by atoms with Gasteiger partial charge in [0, 0.05) is 21.1 Å². The van der Waals surface area contributed by atoms with Crippen LogP contribution in [0.15, 0.2) is 0 Å². The molecule has 0 atom stereocenters. The van der Waals surface area contributed by atoms with Crippen LogP contribution in [0.5, 0.6) is 0 Å². The molecule has 0 saturated heterocycles. The van der Waals surface area contributed by atoms with Crippen LogP contribution in [0.4, 0.5) is 0 Å². The summed E-state index contributed by atoms with van der Waals surface area (Å²) < 4.78 is 0. The third-order valence-corrected chi connectivity index (χ3v) is 49.5. The summed E-state index contributed by atoms with van der Waals surface area (Å²) in [5.74, 6) is 0. The van der Waals surface area contributed by atoms with Crippen molar-refractivity contribution in [2.24, 2.45) is 0 Å². The summed E-state index contributed by atoms with van der Waals surface area (Å²) >= 11 is -1.31. The molecule has 5 heavy (non-hydrogen) atoms. The molecule has 0 aliphatic carbocycles. The van der Waals surface area contributed by atoms with Gasteiger partial charge in [0.1, 0.15) is 0 Å². The van der Waals surface area contributed by atoms with Crippen LogP contribution in [-0.4, -0.2) is 0 Å². The van der Waals surface area contributed by atoms with Gasteiger partial charge in [0.2, 0.25) is 0 Å². The fraction of sp³-hybridized carbons (Fsp3) is 0. The van der Waals surface area contributed by atoms with Gasteiger partial charge in [-0.05, 0) is 0 Å². The molecule has 0 amide bonds. The zero-order valence-electron chi connectivity index (χ0n) is 2.49. The van der Waals surface area contributed by atoms with E-state index in [1.807, 2.05) is 0 Å². The molecule has 0 aliphatic heterocycles. The summed E-state index contributed by atoms with van der Waals surface area (Å²) in [4.78, 5) is 0. The fourth-order valence-electron chi connectivity index (χ4n) is 0. The van der Waals surface area contributed by atoms with Crippen molar-refractivity contribution in [3.63, 3.8) is 0 Å². The minimum atomic E-state index is -0.653. The van der Waals surface area contributed by atoms with Crippen molar-refractivity contribution in [1.82, 2.24) is 0 Å². The van der Waals surface area contributed by atoms with Crippen LogP contribution in [0.2, 0.25) is 0 Å². The summed E-state index contributed by atoms with van der Waals surface area (Å²) in [5.41, 5.74) is 0. The molecule has 0 aromatic carbocycles. The van der Waals surface area contributed by atoms with E-state index in [2.05, 4.69) is 0 Å². The molecule has 0 radical (unpaired) electrons. The first-order valence-corrected chi connectivity index (χ1v) is 52.6. The Morgan fingerprint density at radius 2 is 1.20 bits per heavy atom. The average molecular weight is 667 g/mol. The minimum Gasteiger partial charge on any atom is 0 e. The van der Waals surface area contributed by atoms with Crippen molar-refractivity contribution in [2.45, 2.75) is 0 Å². The van der Waals surface area contributed by atoms with Crippen LogP contribution in [0.3, 0.4) is 0 Å². The Morgan fingerprint density at radius 3 is 1.20 bits per heavy atom. The van der Waals surface area contributed by atoms with E-state index in [1.165, 1.54) is 0 Å². The van der Waals surface area contributed by atoms with E-state index < -0.39 is 36.0 Å². The van der Waals surface area contributed by atoms with Gasteiger partial charge in [-0.15, -0.1) is 0 Å². The van der Waals surface area contributed by atoms with Crippen LogP contribution in [0, 0.1) is 0 Å². The van der Waals surface area contributed by atoms with Gasteiger partial charge in [0.05, 0.1) is 0 Å². The molecule has 0 bridgehead atoms. The first kappa shape index (κ1) is 11.0. The zero-order valence-corrected chi connectivity index (χ0v) is 17.3. The van der Waals surface area contributed by atoms with E-state index in [0.29, 0.717) is 0 Å². The maximum atomic E-state index is 5.38. The van der Waals surface area contributed by atoms with E-state index in [1.54, 1.807) is 0 Å². The van der Waals surface area contributed by atoms with Crippen LogP contribution < -0.4 is 0 Å². The first-order chi connectivity index (χ1) is 1.91. The summed E-state index contributed by atoms with van der Waals surface area (Å²) in [6, 6.07) is 0. The molecule has 0 aromatic rings. The zero-order chi connectivity index (χ0) is 3.41. The Hall–Kier alpha value is 3.14. The average Bonchev–Trinajstić information content (AvgIpc) is 1.37. The molecule has 0 N–H and O–H groups in total. The summed E-state index contributed by atoms with van der Waals surface area (Å²) in [6.07, 6.45) is 0. The fourth-order valence-corrected chi connectivity index (χ4v) is 0. The van der Waals surface area contributed by atoms with Crippen molar-refractivity contribution in [3.8, 4) is 0 Å². The van der Waals surface area contributed by atoms with Gasteiger partial charge in [0.15, 0.2) is 0 Å². The van der Waals surface area contributed by atoms with Gasteiger partial charge in [-0.25, -0.2) is 0 Å². The first-order valence-electron chi connectivity index (χ1n) is 1.03. The summed E-state index contributed by atoms with van der Waals surface area (Å²) in [5, 5.41) is 0. The molecule has 0 heterocycles. The van der Waals surface area contributed by atoms with E-state index in [4.69, 9.17) is 16.5 Å². The second-order valence-corrected chi connectivity index (χ2v) is 87.3. The number of hydrogen-bond donors (Lipinski definition) is 0. The van der Waals surface area contributed by atoms with Crippen molar-refractivity contribution in [1.29, 1.82) is 0 Å². The van der Waals surface area contributed by atoms with E-state index in [-0.39, 0.29) is 21.1 Å². The number of hydrogen-bond acceptors (Lipinski definition) is 0. The topological polar surface area (TPSA) is 0 Å². The standard InChI is InChI=1S/2ClH.2Hg.Pt/h2*1H;;;/q;;2*+1;/p-2. The van der Waals surface area contributed by atoms with Crippen LogP contribution in [-0.2, 0) is 57.0 Å². The molecule has 0 aliphatic rings. The van der Waals surface area contributed by atoms with E-state index in [9.17, 15) is 0 Å². The Balaban J connectivity index is 0. The SMILES string of the molecule is [Cl][Hg][Hg][Cl].[Pt]. The van der Waals surface area contributed by atoms with Gasteiger partial charge in [-0.3, -0.25) is 0 Å². The van der Waals surface area contributed by atoms with Crippen LogP contribution >= 0.6 is 16.5 Å². The third kappa shape index (κ3) is 11.0. The molecule has 0 fully saturated rings. The summed E-state index contributed by atoms with van der Waals surface area (Å²) in [7, 11) is 10.8. The van der Waals surface area contributed by atoms with Crippen LogP contribution in [0.1, 0.15) is 0 Å². The molecule has 0 saturated carbocycles.